The van der Waals surface area contributed by atoms with Gasteiger partial charge >= 0.3 is 0 Å². The van der Waals surface area contributed by atoms with Gasteiger partial charge in [0.15, 0.2) is 12.5 Å². The van der Waals surface area contributed by atoms with Crippen LogP contribution in [0.2, 0.25) is 0 Å². The average molecular weight is 741 g/mol. The summed E-state index contributed by atoms with van der Waals surface area (Å²) in [6.07, 6.45) is 1.55. The van der Waals surface area contributed by atoms with Crippen LogP contribution in [0.25, 0.3) is 11.0 Å². The lowest BCUT2D eigenvalue weighted by atomic mass is 9.98. The zero-order chi connectivity index (χ0) is 26.5. The second kappa shape index (κ2) is 12.7. The number of nitrogens with zero attached hydrogens (tertiary/aromatic N) is 1. The molecule has 1 atom stereocenters. The van der Waals surface area contributed by atoms with E-state index in [-0.39, 0.29) is 12.5 Å². The van der Waals surface area contributed by atoms with Crippen LogP contribution in [0.4, 0.5) is 0 Å². The van der Waals surface area contributed by atoms with E-state index in [1.165, 1.54) is 0 Å². The summed E-state index contributed by atoms with van der Waals surface area (Å²) >= 11 is 4.33. The summed E-state index contributed by atoms with van der Waals surface area (Å²) in [7, 11) is -4.80. The Labute approximate surface area is 238 Å². The normalized spacial score (nSPS) is 13.6. The number of furan rings is 1. The molecule has 2 aromatic carbocycles. The number of phosphoric ester groups is 1. The third-order valence-electron chi connectivity index (χ3n) is 6.28. The molecule has 1 unspecified atom stereocenters. The van der Waals surface area contributed by atoms with Crippen molar-refractivity contribution in [3.8, 4) is 5.75 Å². The maximum atomic E-state index is 13.6. The average Bonchev–Trinajstić information content (AvgIpc) is 3.20. The van der Waals surface area contributed by atoms with Crippen molar-refractivity contribution in [1.82, 2.24) is 0 Å². The van der Waals surface area contributed by atoms with E-state index in [2.05, 4.69) is 56.6 Å². The number of ether oxygens (including phenoxy) is 1. The van der Waals surface area contributed by atoms with Gasteiger partial charge in [-0.05, 0) is 83.6 Å². The molecule has 1 N–H and O–H groups in total. The van der Waals surface area contributed by atoms with Gasteiger partial charge in [-0.3, -0.25) is 18.4 Å². The Morgan fingerprint density at radius 2 is 1.78 bits per heavy atom. The summed E-state index contributed by atoms with van der Waals surface area (Å²) < 4.78 is 29.8. The molecule has 11 heteroatoms. The van der Waals surface area contributed by atoms with Crippen molar-refractivity contribution >= 4 is 69.8 Å². The number of ketones is 1. The van der Waals surface area contributed by atoms with Gasteiger partial charge in [-0.2, -0.15) is 0 Å². The molecule has 0 radical (unpaired) electrons. The number of quaternary nitrogens is 1. The number of carbonyl (C=O) groups excluding carboxylic acids is 1. The monoisotopic (exact) mass is 741 g/mol. The van der Waals surface area contributed by atoms with Crippen molar-refractivity contribution in [3.05, 3.63) is 60.4 Å². The van der Waals surface area contributed by atoms with Gasteiger partial charge in [-0.1, -0.05) is 25.1 Å². The predicted octanol–water partition coefficient (Wildman–Crippen LogP) is 5.50. The van der Waals surface area contributed by atoms with Crippen molar-refractivity contribution in [2.75, 3.05) is 33.0 Å². The molecule has 0 spiro atoms. The molecule has 0 aliphatic heterocycles. The van der Waals surface area contributed by atoms with Crippen molar-refractivity contribution in [2.45, 2.75) is 33.6 Å². The van der Waals surface area contributed by atoms with Gasteiger partial charge in [-0.25, -0.2) is 0 Å². The van der Waals surface area contributed by atoms with E-state index in [1.54, 1.807) is 0 Å². The van der Waals surface area contributed by atoms with Gasteiger partial charge in [0.2, 0.25) is 0 Å². The van der Waals surface area contributed by atoms with E-state index in [0.717, 1.165) is 18.9 Å². The smallest absolute Gasteiger partial charge is 0.269 e. The van der Waals surface area contributed by atoms with Crippen LogP contribution in [0.3, 0.4) is 0 Å². The lowest BCUT2D eigenvalue weighted by molar-refractivity contribution is -0.939. The number of benzene rings is 2. The lowest BCUT2D eigenvalue weighted by Gasteiger charge is -2.37. The van der Waals surface area contributed by atoms with Crippen LogP contribution in [0.5, 0.6) is 5.75 Å². The van der Waals surface area contributed by atoms with Crippen molar-refractivity contribution in [2.24, 2.45) is 0 Å². The Hall–Kier alpha value is -1.02. The number of rotatable bonds is 13. The highest BCUT2D eigenvalue weighted by molar-refractivity contribution is 14.1. The van der Waals surface area contributed by atoms with Crippen LogP contribution in [0.1, 0.15) is 48.9 Å². The Bertz CT molecular complexity index is 1240. The van der Waals surface area contributed by atoms with E-state index < -0.39 is 7.82 Å². The summed E-state index contributed by atoms with van der Waals surface area (Å²) in [4.78, 5) is 33.7. The van der Waals surface area contributed by atoms with Crippen LogP contribution < -0.4 is 9.63 Å². The molecule has 0 fully saturated rings. The van der Waals surface area contributed by atoms with E-state index in [1.807, 2.05) is 50.2 Å². The number of phosphoric acid groups is 1. The molecule has 3 aromatic rings. The number of fused-ring (bicyclic) bond motifs is 1. The number of para-hydroxylation sites is 1. The second-order valence-corrected chi connectivity index (χ2v) is 12.0. The summed E-state index contributed by atoms with van der Waals surface area (Å²) in [6, 6.07) is 11.2. The fourth-order valence-corrected chi connectivity index (χ4v) is 6.52. The summed E-state index contributed by atoms with van der Waals surface area (Å²) in [5, 5.41) is 0.817. The molecule has 1 heterocycles. The Morgan fingerprint density at radius 3 is 2.36 bits per heavy atom. The summed E-state index contributed by atoms with van der Waals surface area (Å²) in [5.41, 5.74) is 1.88. The van der Waals surface area contributed by atoms with Crippen LogP contribution in [-0.2, 0) is 15.5 Å². The molecule has 36 heavy (non-hydrogen) atoms. The molecular weight excluding hydrogens is 711 g/mol. The van der Waals surface area contributed by atoms with E-state index in [4.69, 9.17) is 14.0 Å². The van der Waals surface area contributed by atoms with Gasteiger partial charge in [0.05, 0.1) is 25.8 Å². The van der Waals surface area contributed by atoms with Crippen molar-refractivity contribution in [1.29, 1.82) is 0 Å². The fraction of sp³-hybridized carbons (Fsp3) is 0.400. The standard InChI is InChI=1S/C25H30I2NO7P/c1-4-9-22-23(18-10-7-8-11-21(18)35-22)24(29)17-14-19(26)25(20(27)15-17)33-13-12-28(5-2,6-3)16-34-36(30,31)32/h7-8,10-11,14-15H,4-6,9,12-13,16H2,1-3H3,(H-,30,31,32). The number of aryl methyl sites for hydroxylation is 1. The Kier molecular flexibility index (Phi) is 10.4. The highest BCUT2D eigenvalue weighted by atomic mass is 127. The zero-order valence-corrected chi connectivity index (χ0v) is 25.7. The van der Waals surface area contributed by atoms with Gasteiger partial charge in [0.25, 0.3) is 7.82 Å². The molecule has 1 aromatic heterocycles. The van der Waals surface area contributed by atoms with Gasteiger partial charge in [0, 0.05) is 17.4 Å². The largest absolute Gasteiger partial charge is 0.756 e. The highest BCUT2D eigenvalue weighted by Gasteiger charge is 2.27. The first-order valence-corrected chi connectivity index (χ1v) is 15.4. The molecule has 8 nitrogen and oxygen atoms in total. The van der Waals surface area contributed by atoms with Crippen LogP contribution in [-0.4, -0.2) is 48.1 Å². The molecule has 3 rings (SSSR count). The minimum Gasteiger partial charge on any atom is -0.756 e. The molecular formula is C25H30I2NO7P. The van der Waals surface area contributed by atoms with E-state index in [0.29, 0.717) is 65.4 Å². The Balaban J connectivity index is 1.81. The first kappa shape index (κ1) is 29.5. The van der Waals surface area contributed by atoms with Crippen molar-refractivity contribution < 1.29 is 37.3 Å². The minimum absolute atomic E-state index is 0.0818. The second-order valence-electron chi connectivity index (χ2n) is 8.52. The number of carbonyl (C=O) groups is 1. The minimum atomic E-state index is -4.80. The number of hydrogen-bond donors (Lipinski definition) is 1. The maximum Gasteiger partial charge on any atom is 0.269 e. The van der Waals surface area contributed by atoms with Gasteiger partial charge in [0.1, 0.15) is 30.2 Å². The molecule has 0 saturated carbocycles. The zero-order valence-electron chi connectivity index (χ0n) is 20.5. The fourth-order valence-electron chi connectivity index (χ4n) is 4.05. The van der Waals surface area contributed by atoms with Crippen LogP contribution in [0, 0.1) is 7.14 Å². The number of likely N-dealkylation sites (N-methyl/N-ethyl adjacent to an activating group) is 1. The van der Waals surface area contributed by atoms with Gasteiger partial charge in [-0.15, -0.1) is 0 Å². The molecule has 0 aliphatic rings. The van der Waals surface area contributed by atoms with Crippen molar-refractivity contribution in [3.63, 3.8) is 0 Å². The van der Waals surface area contributed by atoms with Crippen LogP contribution >= 0.6 is 53.0 Å². The SMILES string of the molecule is CCCc1oc2ccccc2c1C(=O)c1cc(I)c(OCC[N+](CC)(CC)COP(=O)([O-])O)c(I)c1. The summed E-state index contributed by atoms with van der Waals surface area (Å²) in [5.74, 6) is 1.29. The quantitative estimate of drug-likeness (QED) is 0.0812. The predicted molar refractivity (Wildman–Crippen MR) is 153 cm³/mol. The molecule has 0 aliphatic carbocycles. The highest BCUT2D eigenvalue weighted by Crippen LogP contribution is 2.34. The Morgan fingerprint density at radius 1 is 1.14 bits per heavy atom. The lowest BCUT2D eigenvalue weighted by Crippen LogP contribution is -2.51. The van der Waals surface area contributed by atoms with E-state index >= 15 is 0 Å². The van der Waals surface area contributed by atoms with Crippen LogP contribution in [0.15, 0.2) is 40.8 Å². The molecule has 0 amide bonds. The maximum absolute atomic E-state index is 13.6. The third kappa shape index (κ3) is 7.09. The third-order valence-corrected chi connectivity index (χ3v) is 8.33. The summed E-state index contributed by atoms with van der Waals surface area (Å²) in [6.45, 7) is 7.78. The molecule has 196 valence electrons. The van der Waals surface area contributed by atoms with Gasteiger partial charge < -0.3 is 18.9 Å². The first-order valence-electron chi connectivity index (χ1n) is 11.7. The van der Waals surface area contributed by atoms with E-state index in [9.17, 15) is 14.3 Å². The number of hydrogen-bond acceptors (Lipinski definition) is 6. The first-order chi connectivity index (χ1) is 17.0. The number of halogens is 2. The topological polar surface area (TPSA) is 109 Å². The molecule has 0 saturated heterocycles. The molecule has 0 bridgehead atoms.